The standard InChI is InChI=1S/C14H10N2O2S/c15-8-9-1-6-13(12(16)7-9)19-11-4-2-10(3-5-11)14(17)18/h1-7H,16H2,(H,17,18). The van der Waals surface area contributed by atoms with Gasteiger partial charge >= 0.3 is 5.97 Å². The molecule has 0 aromatic heterocycles. The first-order valence-electron chi connectivity index (χ1n) is 5.41. The fraction of sp³-hybridized carbons (Fsp3) is 0. The second-order valence-electron chi connectivity index (χ2n) is 3.80. The Balaban J connectivity index is 2.22. The number of nitrogens with zero attached hydrogens (tertiary/aromatic N) is 1. The summed E-state index contributed by atoms with van der Waals surface area (Å²) >= 11 is 1.43. The summed E-state index contributed by atoms with van der Waals surface area (Å²) in [7, 11) is 0. The lowest BCUT2D eigenvalue weighted by molar-refractivity contribution is 0.0697. The van der Waals surface area contributed by atoms with Crippen molar-refractivity contribution in [3.8, 4) is 6.07 Å². The number of carboxylic acid groups (broad SMARTS) is 1. The van der Waals surface area contributed by atoms with Gasteiger partial charge < -0.3 is 10.8 Å². The third-order valence-corrected chi connectivity index (χ3v) is 3.57. The van der Waals surface area contributed by atoms with Crippen LogP contribution in [-0.2, 0) is 0 Å². The van der Waals surface area contributed by atoms with Crippen LogP contribution in [0.3, 0.4) is 0 Å². The molecule has 0 radical (unpaired) electrons. The molecular weight excluding hydrogens is 260 g/mol. The van der Waals surface area contributed by atoms with Crippen molar-refractivity contribution >= 4 is 23.4 Å². The minimum absolute atomic E-state index is 0.247. The third-order valence-electron chi connectivity index (χ3n) is 2.47. The molecule has 0 saturated heterocycles. The highest BCUT2D eigenvalue weighted by Gasteiger charge is 2.05. The number of benzene rings is 2. The van der Waals surface area contributed by atoms with E-state index in [9.17, 15) is 4.79 Å². The largest absolute Gasteiger partial charge is 0.478 e. The zero-order valence-corrected chi connectivity index (χ0v) is 10.6. The van der Waals surface area contributed by atoms with Gasteiger partial charge in [-0.05, 0) is 42.5 Å². The predicted molar refractivity (Wildman–Crippen MR) is 73.1 cm³/mol. The maximum atomic E-state index is 10.7. The molecule has 0 saturated carbocycles. The molecule has 0 heterocycles. The van der Waals surface area contributed by atoms with E-state index >= 15 is 0 Å². The van der Waals surface area contributed by atoms with Gasteiger partial charge in [-0.25, -0.2) is 4.79 Å². The maximum Gasteiger partial charge on any atom is 0.335 e. The van der Waals surface area contributed by atoms with Crippen molar-refractivity contribution in [1.82, 2.24) is 0 Å². The molecule has 2 rings (SSSR count). The number of nitriles is 1. The SMILES string of the molecule is N#Cc1ccc(Sc2ccc(C(=O)O)cc2)c(N)c1. The summed E-state index contributed by atoms with van der Waals surface area (Å²) in [6.45, 7) is 0. The Morgan fingerprint density at radius 3 is 2.42 bits per heavy atom. The van der Waals surface area contributed by atoms with E-state index in [4.69, 9.17) is 16.1 Å². The number of anilines is 1. The highest BCUT2D eigenvalue weighted by Crippen LogP contribution is 2.32. The van der Waals surface area contributed by atoms with Crippen molar-refractivity contribution in [2.75, 3.05) is 5.73 Å². The van der Waals surface area contributed by atoms with Gasteiger partial charge in [0.05, 0.1) is 17.2 Å². The lowest BCUT2D eigenvalue weighted by Crippen LogP contribution is -1.95. The number of hydrogen-bond acceptors (Lipinski definition) is 4. The molecule has 0 fully saturated rings. The van der Waals surface area contributed by atoms with Crippen LogP contribution in [0.2, 0.25) is 0 Å². The Bertz CT molecular complexity index is 660. The highest BCUT2D eigenvalue weighted by atomic mass is 32.2. The molecule has 0 aliphatic rings. The van der Waals surface area contributed by atoms with Crippen molar-refractivity contribution in [1.29, 1.82) is 5.26 Å². The summed E-state index contributed by atoms with van der Waals surface area (Å²) in [6.07, 6.45) is 0. The lowest BCUT2D eigenvalue weighted by atomic mass is 10.2. The number of carbonyl (C=O) groups is 1. The van der Waals surface area contributed by atoms with Crippen molar-refractivity contribution < 1.29 is 9.90 Å². The van der Waals surface area contributed by atoms with Crippen molar-refractivity contribution in [2.45, 2.75) is 9.79 Å². The average molecular weight is 270 g/mol. The summed E-state index contributed by atoms with van der Waals surface area (Å²) in [5, 5.41) is 17.6. The number of nitrogen functional groups attached to an aromatic ring is 1. The van der Waals surface area contributed by atoms with Crippen LogP contribution in [0.15, 0.2) is 52.3 Å². The molecule has 0 bridgehead atoms. The van der Waals surface area contributed by atoms with Crippen LogP contribution in [-0.4, -0.2) is 11.1 Å². The molecule has 0 atom stereocenters. The van der Waals surface area contributed by atoms with E-state index in [-0.39, 0.29) is 5.56 Å². The predicted octanol–water partition coefficient (Wildman–Crippen LogP) is 2.99. The van der Waals surface area contributed by atoms with Gasteiger partial charge in [0.1, 0.15) is 0 Å². The van der Waals surface area contributed by atoms with Gasteiger partial charge in [-0.1, -0.05) is 11.8 Å². The molecule has 2 aromatic rings. The molecule has 3 N–H and O–H groups in total. The Hall–Kier alpha value is -2.45. The number of nitrogens with two attached hydrogens (primary N) is 1. The quantitative estimate of drug-likeness (QED) is 0.837. The van der Waals surface area contributed by atoms with Crippen LogP contribution in [0.5, 0.6) is 0 Å². The molecule has 0 amide bonds. The van der Waals surface area contributed by atoms with Crippen molar-refractivity contribution in [3.63, 3.8) is 0 Å². The molecular formula is C14H10N2O2S. The minimum atomic E-state index is -0.950. The normalized spacial score (nSPS) is 9.84. The van der Waals surface area contributed by atoms with E-state index in [0.29, 0.717) is 11.3 Å². The summed E-state index contributed by atoms with van der Waals surface area (Å²) in [5.41, 5.74) is 7.15. The molecule has 2 aromatic carbocycles. The molecule has 5 heteroatoms. The first kappa shape index (κ1) is 13.0. The molecule has 0 aliphatic heterocycles. The second-order valence-corrected chi connectivity index (χ2v) is 4.91. The lowest BCUT2D eigenvalue weighted by Gasteiger charge is -2.06. The van der Waals surface area contributed by atoms with Gasteiger partial charge in [-0.3, -0.25) is 0 Å². The molecule has 0 unspecified atom stereocenters. The van der Waals surface area contributed by atoms with Gasteiger partial charge in [0.25, 0.3) is 0 Å². The van der Waals surface area contributed by atoms with Crippen LogP contribution >= 0.6 is 11.8 Å². The number of rotatable bonds is 3. The Labute approximate surface area is 114 Å². The van der Waals surface area contributed by atoms with Crippen molar-refractivity contribution in [3.05, 3.63) is 53.6 Å². The van der Waals surface area contributed by atoms with Gasteiger partial charge in [-0.2, -0.15) is 5.26 Å². The van der Waals surface area contributed by atoms with Gasteiger partial charge in [0.2, 0.25) is 0 Å². The van der Waals surface area contributed by atoms with Crippen LogP contribution in [0.4, 0.5) is 5.69 Å². The number of carboxylic acids is 1. The first-order valence-corrected chi connectivity index (χ1v) is 6.22. The first-order chi connectivity index (χ1) is 9.10. The van der Waals surface area contributed by atoms with Crippen LogP contribution in [0, 0.1) is 11.3 Å². The van der Waals surface area contributed by atoms with Gasteiger partial charge in [0, 0.05) is 15.5 Å². The Morgan fingerprint density at radius 2 is 1.89 bits per heavy atom. The topological polar surface area (TPSA) is 87.1 Å². The monoisotopic (exact) mass is 270 g/mol. The summed E-state index contributed by atoms with van der Waals surface area (Å²) < 4.78 is 0. The summed E-state index contributed by atoms with van der Waals surface area (Å²) in [5.74, 6) is -0.950. The molecule has 4 nitrogen and oxygen atoms in total. The number of hydrogen-bond donors (Lipinski definition) is 2. The molecule has 0 aliphatic carbocycles. The van der Waals surface area contributed by atoms with E-state index in [2.05, 4.69) is 0 Å². The summed E-state index contributed by atoms with van der Waals surface area (Å²) in [4.78, 5) is 12.5. The highest BCUT2D eigenvalue weighted by molar-refractivity contribution is 7.99. The smallest absolute Gasteiger partial charge is 0.335 e. The fourth-order valence-corrected chi connectivity index (χ4v) is 2.34. The van der Waals surface area contributed by atoms with Crippen LogP contribution in [0.25, 0.3) is 0 Å². The fourth-order valence-electron chi connectivity index (χ4n) is 1.50. The number of aromatic carboxylic acids is 1. The van der Waals surface area contributed by atoms with Gasteiger partial charge in [-0.15, -0.1) is 0 Å². The molecule has 19 heavy (non-hydrogen) atoms. The van der Waals surface area contributed by atoms with E-state index in [0.717, 1.165) is 9.79 Å². The minimum Gasteiger partial charge on any atom is -0.478 e. The van der Waals surface area contributed by atoms with Crippen LogP contribution in [0.1, 0.15) is 15.9 Å². The molecule has 94 valence electrons. The van der Waals surface area contributed by atoms with E-state index in [1.165, 1.54) is 11.8 Å². The van der Waals surface area contributed by atoms with Crippen molar-refractivity contribution in [2.24, 2.45) is 0 Å². The second kappa shape index (κ2) is 5.46. The molecule has 0 spiro atoms. The van der Waals surface area contributed by atoms with Gasteiger partial charge in [0.15, 0.2) is 0 Å². The van der Waals surface area contributed by atoms with E-state index in [1.54, 1.807) is 42.5 Å². The zero-order chi connectivity index (χ0) is 13.8. The van der Waals surface area contributed by atoms with Crippen LogP contribution < -0.4 is 5.73 Å². The zero-order valence-electron chi connectivity index (χ0n) is 9.83. The van der Waals surface area contributed by atoms with E-state index in [1.807, 2.05) is 6.07 Å². The Morgan fingerprint density at radius 1 is 1.21 bits per heavy atom. The third kappa shape index (κ3) is 3.06. The average Bonchev–Trinajstić information content (AvgIpc) is 2.41. The summed E-state index contributed by atoms with van der Waals surface area (Å²) in [6, 6.07) is 13.7. The Kier molecular flexibility index (Phi) is 3.74. The van der Waals surface area contributed by atoms with E-state index < -0.39 is 5.97 Å². The maximum absolute atomic E-state index is 10.7.